The van der Waals surface area contributed by atoms with Gasteiger partial charge in [-0.15, -0.1) is 0 Å². The maximum atomic E-state index is 5.60. The minimum Gasteiger partial charge on any atom is -0.376 e. The van der Waals surface area contributed by atoms with Gasteiger partial charge in [-0.05, 0) is 25.5 Å². The maximum Gasteiger partial charge on any atom is 0.191 e. The van der Waals surface area contributed by atoms with Crippen LogP contribution < -0.4 is 10.6 Å². The van der Waals surface area contributed by atoms with Crippen LogP contribution in [0, 0.1) is 0 Å². The van der Waals surface area contributed by atoms with E-state index in [0.29, 0.717) is 6.10 Å². The summed E-state index contributed by atoms with van der Waals surface area (Å²) in [5, 5.41) is 6.68. The highest BCUT2D eigenvalue weighted by molar-refractivity contribution is 5.79. The van der Waals surface area contributed by atoms with Gasteiger partial charge >= 0.3 is 0 Å². The minimum atomic E-state index is 0.333. The molecule has 1 fully saturated rings. The van der Waals surface area contributed by atoms with Gasteiger partial charge in [0.2, 0.25) is 0 Å². The number of hydrogen-bond acceptors (Lipinski definition) is 3. The first-order valence-electron chi connectivity index (χ1n) is 8.06. The molecule has 0 bridgehead atoms. The summed E-state index contributed by atoms with van der Waals surface area (Å²) in [5.74, 6) is 0.851. The Morgan fingerprint density at radius 3 is 2.82 bits per heavy atom. The van der Waals surface area contributed by atoms with E-state index in [1.165, 1.54) is 12.0 Å². The van der Waals surface area contributed by atoms with Crippen molar-refractivity contribution in [3.8, 4) is 0 Å². The molecule has 1 heterocycles. The van der Waals surface area contributed by atoms with Crippen molar-refractivity contribution in [2.75, 3.05) is 40.3 Å². The molecule has 1 atom stereocenters. The molecule has 0 radical (unpaired) electrons. The standard InChI is InChI=1S/C17H28N4O/c1-18-17(20-13-16-9-6-12-22-16)19-10-11-21(2)14-15-7-4-3-5-8-15/h3-5,7-8,16H,6,9-14H2,1-2H3,(H2,18,19,20). The van der Waals surface area contributed by atoms with Crippen LogP contribution in [0.5, 0.6) is 0 Å². The van der Waals surface area contributed by atoms with E-state index in [2.05, 4.69) is 57.9 Å². The van der Waals surface area contributed by atoms with Crippen LogP contribution in [0.2, 0.25) is 0 Å². The second-order valence-electron chi connectivity index (χ2n) is 5.74. The highest BCUT2D eigenvalue weighted by Crippen LogP contribution is 2.10. The van der Waals surface area contributed by atoms with Crippen molar-refractivity contribution >= 4 is 5.96 Å². The number of ether oxygens (including phenoxy) is 1. The summed E-state index contributed by atoms with van der Waals surface area (Å²) < 4.78 is 5.60. The van der Waals surface area contributed by atoms with Gasteiger partial charge in [0.1, 0.15) is 0 Å². The van der Waals surface area contributed by atoms with Gasteiger partial charge in [-0.3, -0.25) is 4.99 Å². The summed E-state index contributed by atoms with van der Waals surface area (Å²) in [5.41, 5.74) is 1.34. The van der Waals surface area contributed by atoms with Crippen molar-refractivity contribution in [2.24, 2.45) is 4.99 Å². The molecule has 1 saturated heterocycles. The van der Waals surface area contributed by atoms with Gasteiger partial charge in [0.25, 0.3) is 0 Å². The van der Waals surface area contributed by atoms with Gasteiger partial charge in [-0.1, -0.05) is 30.3 Å². The molecule has 0 amide bonds. The Balaban J connectivity index is 1.61. The van der Waals surface area contributed by atoms with Crippen LogP contribution in [0.15, 0.2) is 35.3 Å². The predicted octanol–water partition coefficient (Wildman–Crippen LogP) is 1.46. The van der Waals surface area contributed by atoms with E-state index in [4.69, 9.17) is 4.74 Å². The molecule has 0 aliphatic carbocycles. The summed E-state index contributed by atoms with van der Waals surface area (Å²) in [6, 6.07) is 10.5. The topological polar surface area (TPSA) is 48.9 Å². The maximum absolute atomic E-state index is 5.60. The van der Waals surface area contributed by atoms with E-state index in [9.17, 15) is 0 Å². The zero-order valence-corrected chi connectivity index (χ0v) is 13.7. The third-order valence-corrected chi connectivity index (χ3v) is 3.83. The first kappa shape index (κ1) is 16.8. The van der Waals surface area contributed by atoms with Crippen LogP contribution in [-0.4, -0.2) is 57.3 Å². The number of guanidine groups is 1. The molecule has 22 heavy (non-hydrogen) atoms. The van der Waals surface area contributed by atoms with Crippen molar-refractivity contribution < 1.29 is 4.74 Å². The summed E-state index contributed by atoms with van der Waals surface area (Å²) in [6.45, 7) is 4.52. The van der Waals surface area contributed by atoms with Crippen LogP contribution in [0.4, 0.5) is 0 Å². The van der Waals surface area contributed by atoms with Crippen molar-refractivity contribution in [3.05, 3.63) is 35.9 Å². The Bertz CT molecular complexity index is 443. The Kier molecular flexibility index (Phi) is 7.19. The third-order valence-electron chi connectivity index (χ3n) is 3.83. The van der Waals surface area contributed by atoms with Gasteiger partial charge in [0.15, 0.2) is 5.96 Å². The Morgan fingerprint density at radius 1 is 1.32 bits per heavy atom. The minimum absolute atomic E-state index is 0.333. The quantitative estimate of drug-likeness (QED) is 0.591. The average Bonchev–Trinajstić information content (AvgIpc) is 3.05. The number of nitrogens with one attached hydrogen (secondary N) is 2. The van der Waals surface area contributed by atoms with Gasteiger partial charge in [-0.25, -0.2) is 0 Å². The van der Waals surface area contributed by atoms with Gasteiger partial charge in [0, 0.05) is 39.8 Å². The first-order chi connectivity index (χ1) is 10.8. The highest BCUT2D eigenvalue weighted by Gasteiger charge is 2.15. The smallest absolute Gasteiger partial charge is 0.191 e. The second kappa shape index (κ2) is 9.43. The molecule has 5 heteroatoms. The van der Waals surface area contributed by atoms with Crippen LogP contribution in [0.3, 0.4) is 0 Å². The summed E-state index contributed by atoms with van der Waals surface area (Å²) in [4.78, 5) is 6.55. The summed E-state index contributed by atoms with van der Waals surface area (Å²) >= 11 is 0. The molecule has 2 rings (SSSR count). The number of likely N-dealkylation sites (N-methyl/N-ethyl adjacent to an activating group) is 1. The number of rotatable bonds is 7. The van der Waals surface area contributed by atoms with Crippen molar-refractivity contribution in [2.45, 2.75) is 25.5 Å². The lowest BCUT2D eigenvalue weighted by Crippen LogP contribution is -2.43. The van der Waals surface area contributed by atoms with E-state index >= 15 is 0 Å². The fraction of sp³-hybridized carbons (Fsp3) is 0.588. The number of aliphatic imine (C=N–C) groups is 1. The zero-order valence-electron chi connectivity index (χ0n) is 13.7. The van der Waals surface area contributed by atoms with Crippen LogP contribution in [-0.2, 0) is 11.3 Å². The molecule has 1 aliphatic rings. The molecule has 0 saturated carbocycles. The fourth-order valence-electron chi connectivity index (χ4n) is 2.58. The largest absolute Gasteiger partial charge is 0.376 e. The second-order valence-corrected chi connectivity index (χ2v) is 5.74. The van der Waals surface area contributed by atoms with Gasteiger partial charge < -0.3 is 20.3 Å². The van der Waals surface area contributed by atoms with Gasteiger partial charge in [-0.2, -0.15) is 0 Å². The lowest BCUT2D eigenvalue weighted by atomic mass is 10.2. The highest BCUT2D eigenvalue weighted by atomic mass is 16.5. The Hall–Kier alpha value is -1.59. The zero-order chi connectivity index (χ0) is 15.6. The fourth-order valence-corrected chi connectivity index (χ4v) is 2.58. The summed E-state index contributed by atoms with van der Waals surface area (Å²) in [7, 11) is 3.94. The van der Waals surface area contributed by atoms with Crippen molar-refractivity contribution in [1.29, 1.82) is 0 Å². The van der Waals surface area contributed by atoms with E-state index in [0.717, 1.165) is 45.2 Å². The van der Waals surface area contributed by atoms with E-state index in [-0.39, 0.29) is 0 Å². The summed E-state index contributed by atoms with van der Waals surface area (Å²) in [6.07, 6.45) is 2.64. The number of hydrogen-bond donors (Lipinski definition) is 2. The lowest BCUT2D eigenvalue weighted by molar-refractivity contribution is 0.114. The van der Waals surface area contributed by atoms with Crippen LogP contribution in [0.1, 0.15) is 18.4 Å². The molecular formula is C17H28N4O. The normalized spacial score (nSPS) is 18.7. The van der Waals surface area contributed by atoms with E-state index < -0.39 is 0 Å². The third kappa shape index (κ3) is 6.03. The number of nitrogens with zero attached hydrogens (tertiary/aromatic N) is 2. The lowest BCUT2D eigenvalue weighted by Gasteiger charge is -2.19. The molecule has 2 N–H and O–H groups in total. The van der Waals surface area contributed by atoms with Crippen molar-refractivity contribution in [1.82, 2.24) is 15.5 Å². The van der Waals surface area contributed by atoms with Crippen LogP contribution in [0.25, 0.3) is 0 Å². The molecule has 0 aromatic heterocycles. The molecular weight excluding hydrogens is 276 g/mol. The SMILES string of the molecule is CN=C(NCCN(C)Cc1ccccc1)NCC1CCCO1. The molecule has 0 spiro atoms. The molecule has 122 valence electrons. The molecule has 1 aliphatic heterocycles. The van der Waals surface area contributed by atoms with Crippen molar-refractivity contribution in [3.63, 3.8) is 0 Å². The molecule has 1 aromatic carbocycles. The molecule has 1 aromatic rings. The first-order valence-corrected chi connectivity index (χ1v) is 8.06. The molecule has 5 nitrogen and oxygen atoms in total. The number of benzene rings is 1. The Labute approximate surface area is 133 Å². The van der Waals surface area contributed by atoms with Gasteiger partial charge in [0.05, 0.1) is 6.10 Å². The molecule has 1 unspecified atom stereocenters. The van der Waals surface area contributed by atoms with E-state index in [1.54, 1.807) is 7.05 Å². The predicted molar refractivity (Wildman–Crippen MR) is 91.1 cm³/mol. The average molecular weight is 304 g/mol. The monoisotopic (exact) mass is 304 g/mol. The van der Waals surface area contributed by atoms with Crippen LogP contribution >= 0.6 is 0 Å². The van der Waals surface area contributed by atoms with E-state index in [1.807, 2.05) is 0 Å². The Morgan fingerprint density at radius 2 is 2.14 bits per heavy atom.